The number of rotatable bonds is 2. The monoisotopic (exact) mass is 336 g/mol. The third kappa shape index (κ3) is 1.78. The molecule has 0 radical (unpaired) electrons. The van der Waals surface area contributed by atoms with Gasteiger partial charge >= 0.3 is 0 Å². The molecule has 1 aromatic carbocycles. The number of hydrogen-bond donors (Lipinski definition) is 2. The van der Waals surface area contributed by atoms with Crippen LogP contribution in [0.3, 0.4) is 0 Å². The van der Waals surface area contributed by atoms with E-state index in [2.05, 4.69) is 5.32 Å². The lowest BCUT2D eigenvalue weighted by atomic mass is 9.48. The summed E-state index contributed by atoms with van der Waals surface area (Å²) in [5.41, 5.74) is -4.92. The van der Waals surface area contributed by atoms with Gasteiger partial charge in [-0.05, 0) is 17.7 Å². The number of ether oxygens (including phenoxy) is 1. The van der Waals surface area contributed by atoms with Gasteiger partial charge in [0.25, 0.3) is 0 Å². The van der Waals surface area contributed by atoms with Crippen LogP contribution in [0.5, 0.6) is 5.75 Å². The van der Waals surface area contributed by atoms with Crippen molar-refractivity contribution < 1.29 is 14.6 Å². The molecule has 4 atom stereocenters. The van der Waals surface area contributed by atoms with E-state index < -0.39 is 34.3 Å². The molecule has 2 bridgehead atoms. The van der Waals surface area contributed by atoms with Gasteiger partial charge in [0, 0.05) is 18.3 Å². The van der Waals surface area contributed by atoms with E-state index in [-0.39, 0.29) is 6.42 Å². The van der Waals surface area contributed by atoms with Crippen LogP contribution >= 0.6 is 0 Å². The quantitative estimate of drug-likeness (QED) is 0.834. The van der Waals surface area contributed by atoms with E-state index >= 15 is 0 Å². The number of carbonyl (C=O) groups excluding carboxylic acids is 1. The van der Waals surface area contributed by atoms with Crippen molar-refractivity contribution in [2.45, 2.75) is 25.0 Å². The smallest absolute Gasteiger partial charge is 0.245 e. The van der Waals surface area contributed by atoms with Gasteiger partial charge in [-0.25, -0.2) is 0 Å². The molecule has 1 aliphatic carbocycles. The Kier molecular flexibility index (Phi) is 3.49. The minimum absolute atomic E-state index is 0.0310. The summed E-state index contributed by atoms with van der Waals surface area (Å²) in [4.78, 5) is 12.6. The van der Waals surface area contributed by atoms with Crippen molar-refractivity contribution in [1.82, 2.24) is 5.32 Å². The van der Waals surface area contributed by atoms with Crippen LogP contribution in [-0.2, 0) is 4.79 Å². The highest BCUT2D eigenvalue weighted by Gasteiger charge is 2.77. The fourth-order valence-corrected chi connectivity index (χ4v) is 4.24. The molecule has 1 saturated heterocycles. The molecule has 1 saturated carbocycles. The standard InChI is InChI=1S/C18H16N4O3/c1-11-17(10-21)15(23)22-18(11,24)7-14(16(17,8-19)9-20)12-3-5-13(25-2)6-4-12/h3-6,11,14,24H,7H2,1-2H3,(H,22,23)/t11-,14-,17+,18-/m0/s1. The zero-order valence-corrected chi connectivity index (χ0v) is 13.8. The molecular formula is C18H16N4O3. The lowest BCUT2D eigenvalue weighted by Crippen LogP contribution is -2.57. The van der Waals surface area contributed by atoms with Crippen molar-refractivity contribution in [3.63, 3.8) is 0 Å². The minimum atomic E-state index is -1.95. The summed E-state index contributed by atoms with van der Waals surface area (Å²) in [6.07, 6.45) is -0.0310. The van der Waals surface area contributed by atoms with E-state index in [4.69, 9.17) is 4.74 Å². The number of hydrogen-bond acceptors (Lipinski definition) is 6. The molecule has 3 rings (SSSR count). The number of methoxy groups -OCH3 is 1. The van der Waals surface area contributed by atoms with Gasteiger partial charge in [0.2, 0.25) is 5.91 Å². The summed E-state index contributed by atoms with van der Waals surface area (Å²) in [5, 5.41) is 43.0. The predicted molar refractivity (Wildman–Crippen MR) is 84.3 cm³/mol. The summed E-state index contributed by atoms with van der Waals surface area (Å²) >= 11 is 0. The number of carbonyl (C=O) groups is 1. The van der Waals surface area contributed by atoms with Crippen LogP contribution in [0.25, 0.3) is 0 Å². The van der Waals surface area contributed by atoms with Crippen LogP contribution in [0.1, 0.15) is 24.8 Å². The maximum Gasteiger partial charge on any atom is 0.245 e. The fraction of sp³-hybridized carbons (Fsp3) is 0.444. The van der Waals surface area contributed by atoms with Crippen LogP contribution in [0.2, 0.25) is 0 Å². The SMILES string of the molecule is COc1ccc([C@@H]2C[C@@]3(O)NC(=O)[C@@](C#N)([C@@H]3C)C2(C#N)C#N)cc1. The van der Waals surface area contributed by atoms with Crippen molar-refractivity contribution >= 4 is 5.91 Å². The van der Waals surface area contributed by atoms with Gasteiger partial charge in [-0.15, -0.1) is 0 Å². The zero-order chi connectivity index (χ0) is 18.5. The highest BCUT2D eigenvalue weighted by molar-refractivity contribution is 5.92. The van der Waals surface area contributed by atoms with E-state index in [0.29, 0.717) is 11.3 Å². The van der Waals surface area contributed by atoms with E-state index in [0.717, 1.165) is 0 Å². The molecule has 7 heteroatoms. The first-order chi connectivity index (χ1) is 11.8. The second-order valence-corrected chi connectivity index (χ2v) is 6.58. The Morgan fingerprint density at radius 3 is 2.28 bits per heavy atom. The third-order valence-electron chi connectivity index (χ3n) is 5.76. The molecule has 1 aliphatic heterocycles. The molecule has 126 valence electrons. The number of nitriles is 3. The van der Waals surface area contributed by atoms with Gasteiger partial charge in [0.1, 0.15) is 11.5 Å². The first-order valence-corrected chi connectivity index (χ1v) is 7.78. The lowest BCUT2D eigenvalue weighted by molar-refractivity contribution is -0.130. The Balaban J connectivity index is 2.26. The van der Waals surface area contributed by atoms with Gasteiger partial charge in [-0.2, -0.15) is 15.8 Å². The number of fused-ring (bicyclic) bond motifs is 2. The average Bonchev–Trinajstić information content (AvgIpc) is 2.77. The first-order valence-electron chi connectivity index (χ1n) is 7.78. The Labute approximate surface area is 145 Å². The molecule has 25 heavy (non-hydrogen) atoms. The summed E-state index contributed by atoms with van der Waals surface area (Å²) in [7, 11) is 1.52. The Bertz CT molecular complexity index is 846. The van der Waals surface area contributed by atoms with Crippen LogP contribution < -0.4 is 10.1 Å². The van der Waals surface area contributed by atoms with E-state index in [1.807, 2.05) is 18.2 Å². The van der Waals surface area contributed by atoms with Crippen molar-refractivity contribution in [3.05, 3.63) is 29.8 Å². The maximum atomic E-state index is 12.6. The molecule has 2 fully saturated rings. The second-order valence-electron chi connectivity index (χ2n) is 6.58. The normalized spacial score (nSPS) is 35.0. The molecule has 2 aliphatic rings. The number of benzene rings is 1. The summed E-state index contributed by atoms with van der Waals surface area (Å²) in [5.74, 6) is -1.89. The Morgan fingerprint density at radius 1 is 1.20 bits per heavy atom. The van der Waals surface area contributed by atoms with E-state index in [1.165, 1.54) is 14.0 Å². The van der Waals surface area contributed by atoms with Crippen molar-refractivity contribution in [3.8, 4) is 24.0 Å². The highest BCUT2D eigenvalue weighted by Crippen LogP contribution is 2.64. The molecular weight excluding hydrogens is 320 g/mol. The summed E-state index contributed by atoms with van der Waals surface area (Å²) in [6, 6.07) is 12.5. The minimum Gasteiger partial charge on any atom is -0.497 e. The van der Waals surface area contributed by atoms with Gasteiger partial charge in [0.15, 0.2) is 10.8 Å². The van der Waals surface area contributed by atoms with E-state index in [1.54, 1.807) is 24.3 Å². The van der Waals surface area contributed by atoms with Crippen LogP contribution in [0.4, 0.5) is 0 Å². The average molecular weight is 336 g/mol. The Hall–Kier alpha value is -3.08. The summed E-state index contributed by atoms with van der Waals surface area (Å²) < 4.78 is 5.11. The lowest BCUT2D eigenvalue weighted by Gasteiger charge is -2.48. The molecule has 2 N–H and O–H groups in total. The first kappa shape index (κ1) is 16.8. The predicted octanol–water partition coefficient (Wildman–Crippen LogP) is 1.18. The zero-order valence-electron chi connectivity index (χ0n) is 13.8. The highest BCUT2D eigenvalue weighted by atomic mass is 16.5. The van der Waals surface area contributed by atoms with Crippen molar-refractivity contribution in [2.24, 2.45) is 16.7 Å². The van der Waals surface area contributed by atoms with Gasteiger partial charge in [-0.3, -0.25) is 4.79 Å². The van der Waals surface area contributed by atoms with Crippen molar-refractivity contribution in [1.29, 1.82) is 15.8 Å². The molecule has 1 heterocycles. The third-order valence-corrected chi connectivity index (χ3v) is 5.76. The molecule has 7 nitrogen and oxygen atoms in total. The molecule has 1 aromatic rings. The van der Waals surface area contributed by atoms with Crippen LogP contribution in [0.15, 0.2) is 24.3 Å². The number of nitrogens with zero attached hydrogens (tertiary/aromatic N) is 3. The molecule has 0 unspecified atom stereocenters. The van der Waals surface area contributed by atoms with Crippen molar-refractivity contribution in [2.75, 3.05) is 7.11 Å². The van der Waals surface area contributed by atoms with Gasteiger partial charge in [0.05, 0.1) is 25.3 Å². The fourth-order valence-electron chi connectivity index (χ4n) is 4.24. The maximum absolute atomic E-state index is 12.6. The number of nitrogens with one attached hydrogen (secondary N) is 1. The van der Waals surface area contributed by atoms with E-state index in [9.17, 15) is 25.7 Å². The van der Waals surface area contributed by atoms with Gasteiger partial charge < -0.3 is 15.2 Å². The Morgan fingerprint density at radius 2 is 1.80 bits per heavy atom. The molecule has 0 aromatic heterocycles. The number of amides is 1. The molecule has 1 amide bonds. The molecule has 0 spiro atoms. The van der Waals surface area contributed by atoms with Gasteiger partial charge in [-0.1, -0.05) is 19.1 Å². The topological polar surface area (TPSA) is 130 Å². The number of aliphatic hydroxyl groups is 1. The second kappa shape index (κ2) is 5.21. The largest absolute Gasteiger partial charge is 0.497 e. The van der Waals surface area contributed by atoms with Crippen LogP contribution in [-0.4, -0.2) is 23.8 Å². The summed E-state index contributed by atoms with van der Waals surface area (Å²) in [6.45, 7) is 1.52. The van der Waals surface area contributed by atoms with Crippen LogP contribution in [0, 0.1) is 50.7 Å².